The Labute approximate surface area is 170 Å². The number of hydrogen-bond donors (Lipinski definition) is 2. The highest BCUT2D eigenvalue weighted by Crippen LogP contribution is 2.21. The minimum Gasteiger partial charge on any atom is -0.357 e. The average molecular weight is 388 g/mol. The fraction of sp³-hybridized carbons (Fsp3) is 0.727. The second-order valence-electron chi connectivity index (χ2n) is 8.85. The van der Waals surface area contributed by atoms with Gasteiger partial charge in [-0.1, -0.05) is 19.9 Å². The molecule has 0 spiro atoms. The highest BCUT2D eigenvalue weighted by molar-refractivity contribution is 5.73. The largest absolute Gasteiger partial charge is 0.357 e. The molecule has 0 bridgehead atoms. The van der Waals surface area contributed by atoms with Gasteiger partial charge in [0.25, 0.3) is 0 Å². The van der Waals surface area contributed by atoms with E-state index in [1.54, 1.807) is 0 Å². The van der Waals surface area contributed by atoms with Crippen LogP contribution in [0, 0.1) is 11.8 Å². The molecule has 6 nitrogen and oxygen atoms in total. The first kappa shape index (κ1) is 20.9. The molecule has 0 saturated carbocycles. The first-order valence-electron chi connectivity index (χ1n) is 11.0. The number of aromatic nitrogens is 1. The van der Waals surface area contributed by atoms with Gasteiger partial charge >= 0.3 is 6.03 Å². The van der Waals surface area contributed by atoms with E-state index in [1.165, 1.54) is 25.7 Å². The van der Waals surface area contributed by atoms with Crippen molar-refractivity contribution in [2.45, 2.75) is 59.0 Å². The molecule has 0 aromatic carbocycles. The van der Waals surface area contributed by atoms with Gasteiger partial charge in [-0.15, -0.1) is 0 Å². The number of nitrogens with zero attached hydrogens (tertiary/aromatic N) is 3. The van der Waals surface area contributed by atoms with Gasteiger partial charge in [0, 0.05) is 45.0 Å². The van der Waals surface area contributed by atoms with Crippen LogP contribution in [0.25, 0.3) is 0 Å². The molecule has 1 aromatic rings. The van der Waals surface area contributed by atoms with Crippen molar-refractivity contribution >= 4 is 11.8 Å². The van der Waals surface area contributed by atoms with Gasteiger partial charge in [-0.05, 0) is 62.6 Å². The van der Waals surface area contributed by atoms with Crippen molar-refractivity contribution in [3.63, 3.8) is 0 Å². The standard InChI is InChI=1S/C22H37N5O/c1-17-8-11-26(12-9-17)21-7-6-20(14-23-21)15-25-22(28)24-13-19(3)27-10-4-5-18(2)16-27/h6-7,14,17-19H,4-5,8-13,15-16H2,1-3H3,(H2,24,25,28). The summed E-state index contributed by atoms with van der Waals surface area (Å²) in [5, 5.41) is 5.96. The molecule has 2 amide bonds. The van der Waals surface area contributed by atoms with E-state index < -0.39 is 0 Å². The summed E-state index contributed by atoms with van der Waals surface area (Å²) in [6.45, 7) is 12.5. The first-order valence-corrected chi connectivity index (χ1v) is 11.0. The Kier molecular flexibility index (Phi) is 7.54. The van der Waals surface area contributed by atoms with E-state index in [-0.39, 0.29) is 6.03 Å². The Morgan fingerprint density at radius 3 is 2.61 bits per heavy atom. The summed E-state index contributed by atoms with van der Waals surface area (Å²) in [4.78, 5) is 21.6. The van der Waals surface area contributed by atoms with Crippen molar-refractivity contribution in [3.8, 4) is 0 Å². The van der Waals surface area contributed by atoms with Crippen LogP contribution in [-0.4, -0.2) is 54.7 Å². The summed E-state index contributed by atoms with van der Waals surface area (Å²) >= 11 is 0. The minimum atomic E-state index is -0.106. The highest BCUT2D eigenvalue weighted by Gasteiger charge is 2.21. The zero-order valence-electron chi connectivity index (χ0n) is 17.8. The molecule has 2 saturated heterocycles. The molecule has 0 radical (unpaired) electrons. The molecule has 0 aliphatic carbocycles. The maximum Gasteiger partial charge on any atom is 0.315 e. The molecule has 2 fully saturated rings. The van der Waals surface area contributed by atoms with Crippen LogP contribution in [0.2, 0.25) is 0 Å². The van der Waals surface area contributed by atoms with E-state index in [0.717, 1.165) is 49.4 Å². The zero-order chi connectivity index (χ0) is 19.9. The van der Waals surface area contributed by atoms with Crippen LogP contribution in [0.15, 0.2) is 18.3 Å². The third kappa shape index (κ3) is 6.09. The van der Waals surface area contributed by atoms with Gasteiger partial charge in [0.15, 0.2) is 0 Å². The minimum absolute atomic E-state index is 0.106. The normalized spacial score (nSPS) is 22.7. The van der Waals surface area contributed by atoms with Crippen molar-refractivity contribution in [1.29, 1.82) is 0 Å². The van der Waals surface area contributed by atoms with Gasteiger partial charge in [0.05, 0.1) is 0 Å². The lowest BCUT2D eigenvalue weighted by Crippen LogP contribution is -2.48. The fourth-order valence-corrected chi connectivity index (χ4v) is 4.19. The number of carbonyl (C=O) groups excluding carboxylic acids is 1. The molecule has 6 heteroatoms. The molecular weight excluding hydrogens is 350 g/mol. The number of anilines is 1. The first-order chi connectivity index (χ1) is 13.5. The average Bonchev–Trinajstić information content (AvgIpc) is 2.71. The second kappa shape index (κ2) is 10.1. The van der Waals surface area contributed by atoms with Gasteiger partial charge in [0.2, 0.25) is 0 Å². The van der Waals surface area contributed by atoms with Crippen LogP contribution in [0.4, 0.5) is 10.6 Å². The van der Waals surface area contributed by atoms with E-state index in [9.17, 15) is 4.79 Å². The van der Waals surface area contributed by atoms with Crippen molar-refractivity contribution < 1.29 is 4.79 Å². The SMILES string of the molecule is CC1CCN(c2ccc(CNC(=O)NCC(C)N3CCCC(C)C3)cn2)CC1. The summed E-state index contributed by atoms with van der Waals surface area (Å²) in [7, 11) is 0. The molecule has 28 heavy (non-hydrogen) atoms. The summed E-state index contributed by atoms with van der Waals surface area (Å²) in [6.07, 6.45) is 6.93. The molecule has 3 heterocycles. The summed E-state index contributed by atoms with van der Waals surface area (Å²) in [6, 6.07) is 4.41. The smallest absolute Gasteiger partial charge is 0.315 e. The van der Waals surface area contributed by atoms with Gasteiger partial charge < -0.3 is 15.5 Å². The number of nitrogens with one attached hydrogen (secondary N) is 2. The zero-order valence-corrected chi connectivity index (χ0v) is 17.8. The van der Waals surface area contributed by atoms with Crippen molar-refractivity contribution in [2.24, 2.45) is 11.8 Å². The Balaban J connectivity index is 1.37. The Hall–Kier alpha value is -1.82. The van der Waals surface area contributed by atoms with Gasteiger partial charge in [-0.2, -0.15) is 0 Å². The van der Waals surface area contributed by atoms with E-state index in [1.807, 2.05) is 6.20 Å². The fourth-order valence-electron chi connectivity index (χ4n) is 4.19. The Bertz CT molecular complexity index is 612. The maximum absolute atomic E-state index is 12.1. The lowest BCUT2D eigenvalue weighted by molar-refractivity contribution is 0.137. The molecule has 2 atom stereocenters. The monoisotopic (exact) mass is 387 g/mol. The van der Waals surface area contributed by atoms with Crippen LogP contribution in [0.3, 0.4) is 0 Å². The van der Waals surface area contributed by atoms with Crippen LogP contribution >= 0.6 is 0 Å². The lowest BCUT2D eigenvalue weighted by Gasteiger charge is -2.35. The van der Waals surface area contributed by atoms with E-state index in [4.69, 9.17) is 0 Å². The number of urea groups is 1. The number of hydrogen-bond acceptors (Lipinski definition) is 4. The van der Waals surface area contributed by atoms with Gasteiger partial charge in [-0.3, -0.25) is 4.90 Å². The second-order valence-corrected chi connectivity index (χ2v) is 8.85. The molecule has 156 valence electrons. The van der Waals surface area contributed by atoms with Crippen LogP contribution < -0.4 is 15.5 Å². The molecule has 2 aliphatic heterocycles. The summed E-state index contributed by atoms with van der Waals surface area (Å²) < 4.78 is 0. The summed E-state index contributed by atoms with van der Waals surface area (Å²) in [5.41, 5.74) is 1.03. The van der Waals surface area contributed by atoms with Crippen LogP contribution in [-0.2, 0) is 6.54 Å². The Morgan fingerprint density at radius 2 is 1.93 bits per heavy atom. The van der Waals surface area contributed by atoms with Gasteiger partial charge in [-0.25, -0.2) is 9.78 Å². The highest BCUT2D eigenvalue weighted by atomic mass is 16.2. The quantitative estimate of drug-likeness (QED) is 0.787. The van der Waals surface area contributed by atoms with Crippen molar-refractivity contribution in [2.75, 3.05) is 37.6 Å². The number of carbonyl (C=O) groups is 1. The molecule has 2 aliphatic rings. The molecule has 2 N–H and O–H groups in total. The molecular formula is C22H37N5O. The molecule has 2 unspecified atom stereocenters. The third-order valence-electron chi connectivity index (χ3n) is 6.24. The van der Waals surface area contributed by atoms with E-state index in [0.29, 0.717) is 19.1 Å². The predicted molar refractivity (Wildman–Crippen MR) is 115 cm³/mol. The molecule has 1 aromatic heterocycles. The predicted octanol–water partition coefficient (Wildman–Crippen LogP) is 3.24. The van der Waals surface area contributed by atoms with Crippen LogP contribution in [0.5, 0.6) is 0 Å². The van der Waals surface area contributed by atoms with Crippen molar-refractivity contribution in [1.82, 2.24) is 20.5 Å². The number of rotatable bonds is 6. The maximum atomic E-state index is 12.1. The third-order valence-corrected chi connectivity index (χ3v) is 6.24. The van der Waals surface area contributed by atoms with Crippen molar-refractivity contribution in [3.05, 3.63) is 23.9 Å². The number of piperidine rings is 2. The Morgan fingerprint density at radius 1 is 1.14 bits per heavy atom. The topological polar surface area (TPSA) is 60.5 Å². The number of amides is 2. The van der Waals surface area contributed by atoms with E-state index >= 15 is 0 Å². The number of pyridine rings is 1. The molecule has 3 rings (SSSR count). The van der Waals surface area contributed by atoms with Crippen LogP contribution in [0.1, 0.15) is 52.0 Å². The van der Waals surface area contributed by atoms with E-state index in [2.05, 4.69) is 58.3 Å². The lowest BCUT2D eigenvalue weighted by atomic mass is 9.99. The van der Waals surface area contributed by atoms with Gasteiger partial charge in [0.1, 0.15) is 5.82 Å². The summed E-state index contributed by atoms with van der Waals surface area (Å²) in [5.74, 6) is 2.62. The number of likely N-dealkylation sites (tertiary alicyclic amines) is 1.